The number of carbonyl (C=O) groups is 2. The molecule has 1 atom stereocenters. The molecule has 5 rings (SSSR count). The van der Waals surface area contributed by atoms with Crippen LogP contribution >= 0.6 is 11.6 Å². The van der Waals surface area contributed by atoms with E-state index >= 15 is 0 Å². The Kier molecular flexibility index (Phi) is 4.55. The molecule has 6 heteroatoms. The first-order valence-electron chi connectivity index (χ1n) is 9.96. The van der Waals surface area contributed by atoms with E-state index in [4.69, 9.17) is 11.6 Å². The second-order valence-electron chi connectivity index (χ2n) is 7.66. The number of aromatic nitrogens is 1. The minimum Gasteiger partial charge on any atom is -0.313 e. The molecule has 0 N–H and O–H groups in total. The summed E-state index contributed by atoms with van der Waals surface area (Å²) >= 11 is 6.13. The highest BCUT2D eigenvalue weighted by Crippen LogP contribution is 2.44. The molecule has 1 unspecified atom stereocenters. The van der Waals surface area contributed by atoms with Crippen LogP contribution in [0.25, 0.3) is 0 Å². The Balaban J connectivity index is 1.62. The third-order valence-electron chi connectivity index (χ3n) is 6.03. The molecule has 1 fully saturated rings. The summed E-state index contributed by atoms with van der Waals surface area (Å²) in [4.78, 5) is 35.0. The van der Waals surface area contributed by atoms with Crippen LogP contribution in [0.15, 0.2) is 72.9 Å². The van der Waals surface area contributed by atoms with Gasteiger partial charge in [-0.05, 0) is 35.4 Å². The molecule has 0 bridgehead atoms. The van der Waals surface area contributed by atoms with E-state index in [1.165, 1.54) is 0 Å². The van der Waals surface area contributed by atoms with E-state index in [1.54, 1.807) is 24.4 Å². The van der Waals surface area contributed by atoms with Crippen LogP contribution in [0.4, 0.5) is 0 Å². The first kappa shape index (κ1) is 18.8. The molecule has 0 aliphatic carbocycles. The molecule has 3 heterocycles. The summed E-state index contributed by atoms with van der Waals surface area (Å²) in [6, 6.07) is 20.7. The predicted molar refractivity (Wildman–Crippen MR) is 114 cm³/mol. The van der Waals surface area contributed by atoms with Gasteiger partial charge in [-0.1, -0.05) is 54.1 Å². The van der Waals surface area contributed by atoms with E-state index in [9.17, 15) is 9.59 Å². The van der Waals surface area contributed by atoms with Crippen LogP contribution in [0.2, 0.25) is 5.02 Å². The van der Waals surface area contributed by atoms with Gasteiger partial charge in [0.1, 0.15) is 5.66 Å². The summed E-state index contributed by atoms with van der Waals surface area (Å²) < 4.78 is 0. The third-order valence-corrected chi connectivity index (χ3v) is 6.28. The molecule has 150 valence electrons. The van der Waals surface area contributed by atoms with Crippen LogP contribution in [0, 0.1) is 0 Å². The van der Waals surface area contributed by atoms with E-state index in [0.29, 0.717) is 35.8 Å². The Labute approximate surface area is 179 Å². The van der Waals surface area contributed by atoms with Gasteiger partial charge in [-0.15, -0.1) is 0 Å². The van der Waals surface area contributed by atoms with Gasteiger partial charge < -0.3 is 9.80 Å². The van der Waals surface area contributed by atoms with Crippen molar-refractivity contribution in [3.05, 3.63) is 100 Å². The van der Waals surface area contributed by atoms with Gasteiger partial charge in [-0.25, -0.2) is 0 Å². The van der Waals surface area contributed by atoms with Crippen molar-refractivity contribution in [3.8, 4) is 0 Å². The first-order chi connectivity index (χ1) is 14.6. The van der Waals surface area contributed by atoms with Crippen molar-refractivity contribution < 1.29 is 9.59 Å². The molecule has 1 saturated heterocycles. The minimum atomic E-state index is -0.894. The normalized spacial score (nSPS) is 20.1. The van der Waals surface area contributed by atoms with Crippen LogP contribution in [0.1, 0.15) is 27.2 Å². The molecule has 2 aromatic carbocycles. The second-order valence-corrected chi connectivity index (χ2v) is 8.10. The van der Waals surface area contributed by atoms with E-state index in [-0.39, 0.29) is 18.2 Å². The van der Waals surface area contributed by atoms with Crippen LogP contribution in [-0.4, -0.2) is 39.7 Å². The Bertz CT molecular complexity index is 1120. The van der Waals surface area contributed by atoms with Crippen molar-refractivity contribution in [2.45, 2.75) is 18.5 Å². The summed E-state index contributed by atoms with van der Waals surface area (Å²) in [7, 11) is 0. The average Bonchev–Trinajstić information content (AvgIpc) is 3.16. The van der Waals surface area contributed by atoms with Gasteiger partial charge in [0.15, 0.2) is 0 Å². The van der Waals surface area contributed by atoms with E-state index in [0.717, 1.165) is 11.1 Å². The molecule has 30 heavy (non-hydrogen) atoms. The first-order valence-corrected chi connectivity index (χ1v) is 10.3. The quantitative estimate of drug-likeness (QED) is 0.653. The molecular weight excluding hydrogens is 398 g/mol. The van der Waals surface area contributed by atoms with Crippen LogP contribution in [-0.2, 0) is 23.3 Å². The number of rotatable bonds is 3. The lowest BCUT2D eigenvalue weighted by atomic mass is 9.86. The number of hydrogen-bond acceptors (Lipinski definition) is 3. The second kappa shape index (κ2) is 7.26. The lowest BCUT2D eigenvalue weighted by molar-refractivity contribution is -0.138. The summed E-state index contributed by atoms with van der Waals surface area (Å²) in [6.07, 6.45) is 2.44. The predicted octanol–water partition coefficient (Wildman–Crippen LogP) is 3.67. The third kappa shape index (κ3) is 2.89. The van der Waals surface area contributed by atoms with Gasteiger partial charge in [-0.2, -0.15) is 0 Å². The lowest BCUT2D eigenvalue weighted by Gasteiger charge is -2.47. The SMILES string of the molecule is O=C(Cc1ccccc1)N1CCN2C(=O)c3cccnc3CC12c1ccc(Cl)cc1. The van der Waals surface area contributed by atoms with Gasteiger partial charge in [0, 0.05) is 30.7 Å². The monoisotopic (exact) mass is 417 g/mol. The molecule has 3 aromatic rings. The summed E-state index contributed by atoms with van der Waals surface area (Å²) in [5.74, 6) is -0.0971. The number of carbonyl (C=O) groups excluding carboxylic acids is 2. The topological polar surface area (TPSA) is 53.5 Å². The molecular formula is C24H20ClN3O2. The molecule has 0 saturated carbocycles. The smallest absolute Gasteiger partial charge is 0.257 e. The fourth-order valence-corrected chi connectivity index (χ4v) is 4.78. The molecule has 2 aliphatic heterocycles. The number of fused-ring (bicyclic) bond motifs is 2. The fraction of sp³-hybridized carbons (Fsp3) is 0.208. The Morgan fingerprint density at radius 2 is 1.77 bits per heavy atom. The van der Waals surface area contributed by atoms with E-state index in [1.807, 2.05) is 58.3 Å². The van der Waals surface area contributed by atoms with Gasteiger partial charge in [0.25, 0.3) is 5.91 Å². The van der Waals surface area contributed by atoms with Crippen molar-refractivity contribution in [1.82, 2.24) is 14.8 Å². The number of amides is 2. The fourth-order valence-electron chi connectivity index (χ4n) is 4.66. The average molecular weight is 418 g/mol. The highest BCUT2D eigenvalue weighted by atomic mass is 35.5. The van der Waals surface area contributed by atoms with Gasteiger partial charge >= 0.3 is 0 Å². The number of hydrogen-bond donors (Lipinski definition) is 0. The van der Waals surface area contributed by atoms with Gasteiger partial charge in [0.2, 0.25) is 5.91 Å². The zero-order valence-corrected chi connectivity index (χ0v) is 17.0. The number of nitrogens with zero attached hydrogens (tertiary/aromatic N) is 3. The van der Waals surface area contributed by atoms with Crippen molar-refractivity contribution in [3.63, 3.8) is 0 Å². The van der Waals surface area contributed by atoms with E-state index < -0.39 is 5.66 Å². The summed E-state index contributed by atoms with van der Waals surface area (Å²) in [5.41, 5.74) is 2.26. The zero-order chi connectivity index (χ0) is 20.7. The molecule has 5 nitrogen and oxygen atoms in total. The van der Waals surface area contributed by atoms with Crippen molar-refractivity contribution in [2.24, 2.45) is 0 Å². The molecule has 0 spiro atoms. The van der Waals surface area contributed by atoms with E-state index in [2.05, 4.69) is 4.98 Å². The van der Waals surface area contributed by atoms with Crippen molar-refractivity contribution >= 4 is 23.4 Å². The minimum absolute atomic E-state index is 0.00849. The van der Waals surface area contributed by atoms with Crippen molar-refractivity contribution in [1.29, 1.82) is 0 Å². The van der Waals surface area contributed by atoms with Crippen LogP contribution in [0.3, 0.4) is 0 Å². The summed E-state index contributed by atoms with van der Waals surface area (Å²) in [5, 5.41) is 0.613. The lowest BCUT2D eigenvalue weighted by Crippen LogP contribution is -2.58. The van der Waals surface area contributed by atoms with Crippen LogP contribution in [0.5, 0.6) is 0 Å². The van der Waals surface area contributed by atoms with Gasteiger partial charge in [0.05, 0.1) is 17.7 Å². The number of halogens is 1. The molecule has 0 radical (unpaired) electrons. The maximum atomic E-state index is 13.5. The molecule has 2 amide bonds. The highest BCUT2D eigenvalue weighted by molar-refractivity contribution is 6.30. The van der Waals surface area contributed by atoms with Crippen LogP contribution < -0.4 is 0 Å². The molecule has 1 aromatic heterocycles. The Hall–Kier alpha value is -3.18. The Morgan fingerprint density at radius 3 is 2.53 bits per heavy atom. The maximum Gasteiger partial charge on any atom is 0.257 e. The highest BCUT2D eigenvalue weighted by Gasteiger charge is 2.55. The number of benzene rings is 2. The van der Waals surface area contributed by atoms with Gasteiger partial charge in [-0.3, -0.25) is 14.6 Å². The Morgan fingerprint density at radius 1 is 1.00 bits per heavy atom. The summed E-state index contributed by atoms with van der Waals surface area (Å²) in [6.45, 7) is 0.963. The zero-order valence-electron chi connectivity index (χ0n) is 16.3. The maximum absolute atomic E-state index is 13.5. The van der Waals surface area contributed by atoms with Crippen molar-refractivity contribution in [2.75, 3.05) is 13.1 Å². The number of pyridine rings is 1. The molecule has 2 aliphatic rings. The largest absolute Gasteiger partial charge is 0.313 e. The standard InChI is InChI=1S/C24H20ClN3O2/c25-19-10-8-18(9-11-19)24-16-21-20(7-4-12-26-21)23(30)28(24)14-13-27(24)22(29)15-17-5-2-1-3-6-17/h1-12H,13-16H2.